The Kier molecular flexibility index (Phi) is 6.07. The monoisotopic (exact) mass is 530 g/mol. The first-order valence-corrected chi connectivity index (χ1v) is 12.6. The summed E-state index contributed by atoms with van der Waals surface area (Å²) in [6, 6.07) is 27.4. The second-order valence-electron chi connectivity index (χ2n) is 9.54. The molecule has 196 valence electrons. The fourth-order valence-corrected chi connectivity index (χ4v) is 5.13. The molecule has 1 fully saturated rings. The highest BCUT2D eigenvalue weighted by Crippen LogP contribution is 2.46. The number of benzene rings is 4. The molecule has 2 aliphatic heterocycles. The van der Waals surface area contributed by atoms with Crippen LogP contribution in [0.5, 0.6) is 5.75 Å². The van der Waals surface area contributed by atoms with Crippen LogP contribution in [0.1, 0.15) is 60.0 Å². The number of hydrogen-bond donors (Lipinski definition) is 0. The van der Waals surface area contributed by atoms with E-state index in [9.17, 15) is 24.0 Å². The van der Waals surface area contributed by atoms with Crippen molar-refractivity contribution in [3.05, 3.63) is 131 Å². The summed E-state index contributed by atoms with van der Waals surface area (Å²) in [5, 5.41) is 0. The van der Waals surface area contributed by atoms with E-state index in [4.69, 9.17) is 4.74 Å². The number of rotatable bonds is 6. The van der Waals surface area contributed by atoms with Crippen LogP contribution in [0.4, 0.5) is 5.69 Å². The number of fused-ring (bicyclic) bond motifs is 1. The molecule has 0 aromatic heterocycles. The number of imide groups is 1. The zero-order valence-electron chi connectivity index (χ0n) is 21.3. The molecule has 2 heterocycles. The van der Waals surface area contributed by atoms with Crippen LogP contribution in [0.25, 0.3) is 0 Å². The van der Waals surface area contributed by atoms with Gasteiger partial charge in [0.15, 0.2) is 5.78 Å². The molecule has 8 nitrogen and oxygen atoms in total. The smallest absolute Gasteiger partial charge is 0.308 e. The number of carbonyl (C=O) groups is 5. The maximum Gasteiger partial charge on any atom is 0.308 e. The summed E-state index contributed by atoms with van der Waals surface area (Å²) in [6.45, 7) is 1.25. The third kappa shape index (κ3) is 4.25. The molecule has 2 atom stereocenters. The van der Waals surface area contributed by atoms with E-state index in [1.807, 2.05) is 36.4 Å². The highest BCUT2D eigenvalue weighted by atomic mass is 16.5. The molecule has 2 aliphatic rings. The predicted octanol–water partition coefficient (Wildman–Crippen LogP) is 4.86. The maximum absolute atomic E-state index is 13.7. The minimum atomic E-state index is -0.691. The first kappa shape index (κ1) is 24.9. The van der Waals surface area contributed by atoms with Crippen molar-refractivity contribution in [2.75, 3.05) is 4.90 Å². The number of hydrogen-bond acceptors (Lipinski definition) is 6. The average molecular weight is 531 g/mol. The minimum Gasteiger partial charge on any atom is -0.427 e. The summed E-state index contributed by atoms with van der Waals surface area (Å²) in [6.07, 6.45) is 0. The minimum absolute atomic E-state index is 0.0813. The summed E-state index contributed by atoms with van der Waals surface area (Å²) < 4.78 is 5.09. The van der Waals surface area contributed by atoms with Gasteiger partial charge in [0.1, 0.15) is 11.8 Å². The van der Waals surface area contributed by atoms with E-state index >= 15 is 0 Å². The fourth-order valence-electron chi connectivity index (χ4n) is 5.13. The van der Waals surface area contributed by atoms with Crippen LogP contribution < -0.4 is 9.64 Å². The van der Waals surface area contributed by atoms with Crippen molar-refractivity contribution in [1.82, 2.24) is 4.90 Å². The lowest BCUT2D eigenvalue weighted by Crippen LogP contribution is -2.29. The van der Waals surface area contributed by atoms with Crippen LogP contribution in [-0.4, -0.2) is 40.4 Å². The number of ether oxygens (including phenoxy) is 1. The topological polar surface area (TPSA) is 101 Å². The summed E-state index contributed by atoms with van der Waals surface area (Å²) in [5.41, 5.74) is 2.00. The Bertz CT molecular complexity index is 1700. The summed E-state index contributed by atoms with van der Waals surface area (Å²) in [4.78, 5) is 67.5. The largest absolute Gasteiger partial charge is 0.427 e. The molecule has 8 heteroatoms. The molecule has 0 unspecified atom stereocenters. The Balaban J connectivity index is 1.31. The van der Waals surface area contributed by atoms with E-state index < -0.39 is 35.8 Å². The van der Waals surface area contributed by atoms with Crippen molar-refractivity contribution in [1.29, 1.82) is 0 Å². The van der Waals surface area contributed by atoms with Crippen molar-refractivity contribution in [2.24, 2.45) is 0 Å². The molecule has 0 N–H and O–H groups in total. The number of amides is 3. The van der Waals surface area contributed by atoms with Gasteiger partial charge in [0.05, 0.1) is 22.9 Å². The lowest BCUT2D eigenvalue weighted by atomic mass is 10.0. The SMILES string of the molecule is CC(=O)Oc1cccc(N2C(=O)c3ccc(C(=O)N4[C@H](c5ccccc5)[C@@H]4C(=O)c4ccccc4)cc3C2=O)c1. The van der Waals surface area contributed by atoms with Gasteiger partial charge in [0.2, 0.25) is 0 Å². The highest BCUT2D eigenvalue weighted by molar-refractivity contribution is 6.34. The summed E-state index contributed by atoms with van der Waals surface area (Å²) in [7, 11) is 0. The second-order valence-corrected chi connectivity index (χ2v) is 9.54. The Morgan fingerprint density at radius 1 is 0.700 bits per heavy atom. The van der Waals surface area contributed by atoms with Crippen LogP contribution in [0.2, 0.25) is 0 Å². The molecule has 0 aliphatic carbocycles. The number of Topliss-reactive ketones (excluding diaryl/α,β-unsaturated/α-hetero) is 1. The molecule has 0 bridgehead atoms. The average Bonchev–Trinajstić information content (AvgIpc) is 3.67. The molecular formula is C32H22N2O6. The lowest BCUT2D eigenvalue weighted by molar-refractivity contribution is -0.131. The Hall–Kier alpha value is -5.37. The lowest BCUT2D eigenvalue weighted by Gasteiger charge is -2.14. The van der Waals surface area contributed by atoms with E-state index in [1.165, 1.54) is 36.1 Å². The number of nitrogens with zero attached hydrogens (tertiary/aromatic N) is 2. The van der Waals surface area contributed by atoms with Gasteiger partial charge in [0.25, 0.3) is 17.7 Å². The molecule has 0 saturated carbocycles. The van der Waals surface area contributed by atoms with E-state index in [0.29, 0.717) is 5.56 Å². The first-order chi connectivity index (χ1) is 19.3. The summed E-state index contributed by atoms with van der Waals surface area (Å²) >= 11 is 0. The van der Waals surface area contributed by atoms with Crippen molar-refractivity contribution < 1.29 is 28.7 Å². The molecular weight excluding hydrogens is 508 g/mol. The quantitative estimate of drug-likeness (QED) is 0.116. The molecule has 6 rings (SSSR count). The zero-order valence-corrected chi connectivity index (χ0v) is 21.3. The van der Waals surface area contributed by atoms with Gasteiger partial charge in [-0.3, -0.25) is 24.0 Å². The molecule has 0 radical (unpaired) electrons. The number of carbonyl (C=O) groups excluding carboxylic acids is 5. The van der Waals surface area contributed by atoms with Gasteiger partial charge in [-0.05, 0) is 35.9 Å². The van der Waals surface area contributed by atoms with Crippen LogP contribution in [0, 0.1) is 0 Å². The van der Waals surface area contributed by atoms with Gasteiger partial charge in [0, 0.05) is 24.1 Å². The Morgan fingerprint density at radius 3 is 2.08 bits per heavy atom. The first-order valence-electron chi connectivity index (χ1n) is 12.6. The maximum atomic E-state index is 13.7. The van der Waals surface area contributed by atoms with Crippen molar-refractivity contribution in [2.45, 2.75) is 19.0 Å². The van der Waals surface area contributed by atoms with Gasteiger partial charge in [-0.2, -0.15) is 0 Å². The van der Waals surface area contributed by atoms with E-state index in [1.54, 1.807) is 42.5 Å². The third-order valence-corrected chi connectivity index (χ3v) is 6.98. The van der Waals surface area contributed by atoms with Gasteiger partial charge in [-0.25, -0.2) is 4.90 Å². The van der Waals surface area contributed by atoms with E-state index in [0.717, 1.165) is 10.5 Å². The standard InChI is InChI=1S/C32H22N2O6/c1-19(35)40-24-14-8-13-23(18-24)33-31(38)25-16-15-22(17-26(25)32(33)39)30(37)34-27(20-9-4-2-5-10-20)28(34)29(36)21-11-6-3-7-12-21/h2-18,27-28H,1H3/t27-,28-,34?/m1/s1. The molecule has 1 saturated heterocycles. The van der Waals surface area contributed by atoms with Crippen LogP contribution in [0.3, 0.4) is 0 Å². The predicted molar refractivity (Wildman–Crippen MR) is 145 cm³/mol. The van der Waals surface area contributed by atoms with Crippen molar-refractivity contribution >= 4 is 35.2 Å². The molecule has 40 heavy (non-hydrogen) atoms. The number of esters is 1. The van der Waals surface area contributed by atoms with E-state index in [-0.39, 0.29) is 33.9 Å². The Labute approximate surface area is 229 Å². The van der Waals surface area contributed by atoms with Crippen LogP contribution >= 0.6 is 0 Å². The second kappa shape index (κ2) is 9.74. The van der Waals surface area contributed by atoms with Crippen molar-refractivity contribution in [3.63, 3.8) is 0 Å². The van der Waals surface area contributed by atoms with Gasteiger partial charge in [-0.1, -0.05) is 66.7 Å². The molecule has 0 spiro atoms. The third-order valence-electron chi connectivity index (χ3n) is 6.98. The molecule has 3 amide bonds. The van der Waals surface area contributed by atoms with Crippen LogP contribution in [-0.2, 0) is 4.79 Å². The van der Waals surface area contributed by atoms with Crippen molar-refractivity contribution in [3.8, 4) is 5.75 Å². The Morgan fingerprint density at radius 2 is 1.38 bits per heavy atom. The summed E-state index contributed by atoms with van der Waals surface area (Å²) in [5.74, 6) is -2.08. The zero-order chi connectivity index (χ0) is 28.0. The number of ketones is 1. The van der Waals surface area contributed by atoms with Crippen LogP contribution in [0.15, 0.2) is 103 Å². The normalized spacial score (nSPS) is 17.4. The van der Waals surface area contributed by atoms with Gasteiger partial charge >= 0.3 is 5.97 Å². The highest BCUT2D eigenvalue weighted by Gasteiger charge is 2.56. The molecule has 4 aromatic rings. The fraction of sp³-hybridized carbons (Fsp3) is 0.0938. The van der Waals surface area contributed by atoms with Gasteiger partial charge in [-0.15, -0.1) is 0 Å². The van der Waals surface area contributed by atoms with E-state index in [2.05, 4.69) is 0 Å². The molecule has 4 aromatic carbocycles. The van der Waals surface area contributed by atoms with Gasteiger partial charge < -0.3 is 9.64 Å². The number of anilines is 1.